The minimum atomic E-state index is -0.673. The van der Waals surface area contributed by atoms with Crippen molar-refractivity contribution in [2.24, 2.45) is 5.92 Å². The Balaban J connectivity index is 2.12. The molecule has 3 unspecified atom stereocenters. The molecule has 1 heterocycles. The molecule has 0 bridgehead atoms. The van der Waals surface area contributed by atoms with E-state index in [2.05, 4.69) is 12.2 Å². The smallest absolute Gasteiger partial charge is 0.165 e. The molecular formula is C14H20FNO2. The number of halogens is 1. The van der Waals surface area contributed by atoms with Gasteiger partial charge in [0.05, 0.1) is 13.2 Å². The Bertz CT molecular complexity index is 411. The van der Waals surface area contributed by atoms with Gasteiger partial charge in [-0.15, -0.1) is 0 Å². The van der Waals surface area contributed by atoms with E-state index in [0.717, 1.165) is 19.4 Å². The SMILES string of the molecule is COc1ccc(C(O)C2CC(C)CCN2)cc1F. The average Bonchev–Trinajstić information content (AvgIpc) is 2.37. The monoisotopic (exact) mass is 253 g/mol. The van der Waals surface area contributed by atoms with Crippen LogP contribution in [0.1, 0.15) is 31.4 Å². The van der Waals surface area contributed by atoms with Crippen molar-refractivity contribution in [2.75, 3.05) is 13.7 Å². The maximum Gasteiger partial charge on any atom is 0.165 e. The van der Waals surface area contributed by atoms with Crippen molar-refractivity contribution in [3.05, 3.63) is 29.6 Å². The van der Waals surface area contributed by atoms with Crippen molar-refractivity contribution >= 4 is 0 Å². The lowest BCUT2D eigenvalue weighted by Crippen LogP contribution is -2.41. The normalized spacial score (nSPS) is 25.8. The fourth-order valence-corrected chi connectivity index (χ4v) is 2.49. The molecule has 2 N–H and O–H groups in total. The zero-order chi connectivity index (χ0) is 13.1. The molecule has 1 aromatic rings. The first kappa shape index (κ1) is 13.3. The van der Waals surface area contributed by atoms with Crippen molar-refractivity contribution in [1.82, 2.24) is 5.32 Å². The number of rotatable bonds is 3. The lowest BCUT2D eigenvalue weighted by molar-refractivity contribution is 0.101. The largest absolute Gasteiger partial charge is 0.494 e. The highest BCUT2D eigenvalue weighted by molar-refractivity contribution is 5.31. The van der Waals surface area contributed by atoms with Gasteiger partial charge >= 0.3 is 0 Å². The number of aliphatic hydroxyl groups excluding tert-OH is 1. The Morgan fingerprint density at radius 2 is 2.28 bits per heavy atom. The van der Waals surface area contributed by atoms with Crippen LogP contribution in [0.4, 0.5) is 4.39 Å². The first-order chi connectivity index (χ1) is 8.61. The van der Waals surface area contributed by atoms with Gasteiger partial charge in [-0.25, -0.2) is 4.39 Å². The van der Waals surface area contributed by atoms with Gasteiger partial charge < -0.3 is 15.2 Å². The standard InChI is InChI=1S/C14H20FNO2/c1-9-5-6-16-12(7-9)14(17)10-3-4-13(18-2)11(15)8-10/h3-4,8-9,12,14,16-17H,5-7H2,1-2H3. The highest BCUT2D eigenvalue weighted by Crippen LogP contribution is 2.28. The summed E-state index contributed by atoms with van der Waals surface area (Å²) < 4.78 is 18.5. The topological polar surface area (TPSA) is 41.5 Å². The minimum absolute atomic E-state index is 0.00143. The first-order valence-electron chi connectivity index (χ1n) is 6.36. The molecule has 1 aliphatic heterocycles. The van der Waals surface area contributed by atoms with E-state index in [-0.39, 0.29) is 11.8 Å². The zero-order valence-electron chi connectivity index (χ0n) is 10.8. The molecule has 1 saturated heterocycles. The maximum absolute atomic E-state index is 13.6. The van der Waals surface area contributed by atoms with Crippen molar-refractivity contribution < 1.29 is 14.2 Å². The quantitative estimate of drug-likeness (QED) is 0.868. The Kier molecular flexibility index (Phi) is 4.19. The van der Waals surface area contributed by atoms with E-state index in [1.54, 1.807) is 12.1 Å². The summed E-state index contributed by atoms with van der Waals surface area (Å²) in [6.45, 7) is 3.08. The Morgan fingerprint density at radius 3 is 2.89 bits per heavy atom. The Morgan fingerprint density at radius 1 is 1.50 bits per heavy atom. The zero-order valence-corrected chi connectivity index (χ0v) is 10.8. The maximum atomic E-state index is 13.6. The summed E-state index contributed by atoms with van der Waals surface area (Å²) in [7, 11) is 1.43. The van der Waals surface area contributed by atoms with Gasteiger partial charge in [0.15, 0.2) is 11.6 Å². The van der Waals surface area contributed by atoms with Crippen LogP contribution in [0.25, 0.3) is 0 Å². The van der Waals surface area contributed by atoms with E-state index >= 15 is 0 Å². The minimum Gasteiger partial charge on any atom is -0.494 e. The van der Waals surface area contributed by atoms with Crippen LogP contribution in [0, 0.1) is 11.7 Å². The molecule has 0 radical (unpaired) electrons. The number of nitrogens with one attached hydrogen (secondary N) is 1. The molecule has 0 saturated carbocycles. The van der Waals surface area contributed by atoms with Crippen molar-refractivity contribution in [1.29, 1.82) is 0 Å². The van der Waals surface area contributed by atoms with E-state index in [1.807, 2.05) is 0 Å². The molecule has 18 heavy (non-hydrogen) atoms. The molecule has 0 aliphatic carbocycles. The summed E-state index contributed by atoms with van der Waals surface area (Å²) in [5.74, 6) is 0.364. The predicted octanol–water partition coefficient (Wildman–Crippen LogP) is 2.26. The average molecular weight is 253 g/mol. The molecule has 4 heteroatoms. The van der Waals surface area contributed by atoms with E-state index in [9.17, 15) is 9.50 Å². The highest BCUT2D eigenvalue weighted by atomic mass is 19.1. The van der Waals surface area contributed by atoms with Gasteiger partial charge in [-0.3, -0.25) is 0 Å². The van der Waals surface area contributed by atoms with E-state index in [0.29, 0.717) is 11.5 Å². The lowest BCUT2D eigenvalue weighted by atomic mass is 9.89. The van der Waals surface area contributed by atoms with Crippen molar-refractivity contribution in [2.45, 2.75) is 31.9 Å². The number of piperidine rings is 1. The summed E-state index contributed by atoms with van der Waals surface area (Å²) in [6.07, 6.45) is 1.36. The third-order valence-electron chi connectivity index (χ3n) is 3.60. The second-order valence-corrected chi connectivity index (χ2v) is 5.03. The molecule has 3 nitrogen and oxygen atoms in total. The molecule has 2 rings (SSSR count). The lowest BCUT2D eigenvalue weighted by Gasteiger charge is -2.32. The Labute approximate surface area is 107 Å². The molecular weight excluding hydrogens is 233 g/mol. The summed E-state index contributed by atoms with van der Waals surface area (Å²) in [5, 5.41) is 13.6. The van der Waals surface area contributed by atoms with Crippen LogP contribution < -0.4 is 10.1 Å². The van der Waals surface area contributed by atoms with Crippen LogP contribution in [0.5, 0.6) is 5.75 Å². The van der Waals surface area contributed by atoms with Crippen LogP contribution in [-0.2, 0) is 0 Å². The molecule has 1 fully saturated rings. The van der Waals surface area contributed by atoms with Gasteiger partial charge in [0, 0.05) is 6.04 Å². The second kappa shape index (κ2) is 5.67. The third-order valence-corrected chi connectivity index (χ3v) is 3.60. The number of benzene rings is 1. The second-order valence-electron chi connectivity index (χ2n) is 5.03. The van der Waals surface area contributed by atoms with Crippen molar-refractivity contribution in [3.8, 4) is 5.75 Å². The number of methoxy groups -OCH3 is 1. The molecule has 1 aromatic carbocycles. The van der Waals surface area contributed by atoms with Gasteiger partial charge in [-0.1, -0.05) is 13.0 Å². The van der Waals surface area contributed by atoms with Crippen molar-refractivity contribution in [3.63, 3.8) is 0 Å². The number of hydrogen-bond acceptors (Lipinski definition) is 3. The number of ether oxygens (including phenoxy) is 1. The molecule has 0 spiro atoms. The van der Waals surface area contributed by atoms with Gasteiger partial charge in [-0.05, 0) is 43.0 Å². The van der Waals surface area contributed by atoms with Crippen LogP contribution in [0.15, 0.2) is 18.2 Å². The summed E-state index contributed by atoms with van der Waals surface area (Å²) in [6, 6.07) is 4.62. The summed E-state index contributed by atoms with van der Waals surface area (Å²) in [5.41, 5.74) is 0.597. The van der Waals surface area contributed by atoms with Gasteiger partial charge in [0.2, 0.25) is 0 Å². The van der Waals surface area contributed by atoms with Gasteiger partial charge in [-0.2, -0.15) is 0 Å². The summed E-state index contributed by atoms with van der Waals surface area (Å²) >= 11 is 0. The molecule has 0 aromatic heterocycles. The molecule has 100 valence electrons. The summed E-state index contributed by atoms with van der Waals surface area (Å²) in [4.78, 5) is 0. The van der Waals surface area contributed by atoms with E-state index < -0.39 is 11.9 Å². The molecule has 0 amide bonds. The Hall–Kier alpha value is -1.13. The van der Waals surface area contributed by atoms with Crippen LogP contribution in [-0.4, -0.2) is 24.8 Å². The van der Waals surface area contributed by atoms with Crippen LogP contribution >= 0.6 is 0 Å². The van der Waals surface area contributed by atoms with E-state index in [1.165, 1.54) is 13.2 Å². The fourth-order valence-electron chi connectivity index (χ4n) is 2.49. The number of hydrogen-bond donors (Lipinski definition) is 2. The van der Waals surface area contributed by atoms with E-state index in [4.69, 9.17) is 4.74 Å². The fraction of sp³-hybridized carbons (Fsp3) is 0.571. The third kappa shape index (κ3) is 2.82. The molecule has 1 aliphatic rings. The van der Waals surface area contributed by atoms with Gasteiger partial charge in [0.25, 0.3) is 0 Å². The molecule has 3 atom stereocenters. The first-order valence-corrected chi connectivity index (χ1v) is 6.36. The van der Waals surface area contributed by atoms with Gasteiger partial charge in [0.1, 0.15) is 0 Å². The van der Waals surface area contributed by atoms with Crippen LogP contribution in [0.2, 0.25) is 0 Å². The van der Waals surface area contributed by atoms with Crippen LogP contribution in [0.3, 0.4) is 0 Å². The predicted molar refractivity (Wildman–Crippen MR) is 68.1 cm³/mol. The highest BCUT2D eigenvalue weighted by Gasteiger charge is 2.26. The number of aliphatic hydroxyl groups is 1.